The van der Waals surface area contributed by atoms with Crippen molar-refractivity contribution >= 4 is 95.3 Å². The van der Waals surface area contributed by atoms with Crippen LogP contribution in [0, 0.1) is 0 Å². The van der Waals surface area contributed by atoms with Crippen LogP contribution in [0.1, 0.15) is 0 Å². The van der Waals surface area contributed by atoms with Gasteiger partial charge in [-0.3, -0.25) is 0 Å². The lowest BCUT2D eigenvalue weighted by Crippen LogP contribution is -2.00. The highest BCUT2D eigenvalue weighted by Crippen LogP contribution is 2.42. The van der Waals surface area contributed by atoms with Gasteiger partial charge in [0.2, 0.25) is 0 Å². The Balaban J connectivity index is 0.991. The first-order valence-electron chi connectivity index (χ1n) is 18.8. The van der Waals surface area contributed by atoms with Crippen molar-refractivity contribution in [2.24, 2.45) is 0 Å². The van der Waals surface area contributed by atoms with E-state index in [4.69, 9.17) is 15.0 Å². The average Bonchev–Trinajstić information content (AvgIpc) is 3.84. The zero-order valence-electron chi connectivity index (χ0n) is 29.9. The zero-order valence-corrected chi connectivity index (χ0v) is 31.5. The van der Waals surface area contributed by atoms with Crippen LogP contribution in [0.15, 0.2) is 176 Å². The third-order valence-corrected chi connectivity index (χ3v) is 13.5. The zero-order chi connectivity index (χ0) is 36.7. The minimum Gasteiger partial charge on any atom is -0.208 e. The second-order valence-corrected chi connectivity index (χ2v) is 16.5. The lowest BCUT2D eigenvalue weighted by Gasteiger charge is -2.12. The highest BCUT2D eigenvalue weighted by atomic mass is 32.1. The number of fused-ring (bicyclic) bond motifs is 12. The topological polar surface area (TPSA) is 38.7 Å². The molecule has 0 aliphatic carbocycles. The van der Waals surface area contributed by atoms with Crippen LogP contribution in [-0.2, 0) is 0 Å². The first kappa shape index (κ1) is 31.5. The van der Waals surface area contributed by atoms with E-state index in [0.717, 1.165) is 16.7 Å². The van der Waals surface area contributed by atoms with Crippen LogP contribution < -0.4 is 0 Å². The second kappa shape index (κ2) is 12.4. The standard InChI is InChI=1S/C51H29N3S2/c1-2-11-30(12-3-1)49-52-50(54-51(53-49)42-19-10-18-41-39-17-8-9-20-45(39)56-48(41)42)33-22-25-40-44-28-32(23-26-46(44)55-47(40)29-33)31-21-24-38-36-15-5-4-13-34(36)35-14-6-7-16-37(35)43(38)27-31/h1-29H. The van der Waals surface area contributed by atoms with Crippen LogP contribution in [0.4, 0.5) is 0 Å². The van der Waals surface area contributed by atoms with Gasteiger partial charge in [0.25, 0.3) is 0 Å². The summed E-state index contributed by atoms with van der Waals surface area (Å²) < 4.78 is 4.92. The molecule has 0 aliphatic heterocycles. The number of benzene rings is 9. The van der Waals surface area contributed by atoms with E-state index in [1.54, 1.807) is 11.3 Å². The molecule has 3 nitrogen and oxygen atoms in total. The van der Waals surface area contributed by atoms with Crippen molar-refractivity contribution in [3.8, 4) is 45.3 Å². The summed E-state index contributed by atoms with van der Waals surface area (Å²) in [5, 5.41) is 12.7. The van der Waals surface area contributed by atoms with Gasteiger partial charge in [-0.25, -0.2) is 15.0 Å². The van der Waals surface area contributed by atoms with E-state index in [0.29, 0.717) is 17.5 Å². The quantitative estimate of drug-likeness (QED) is 0.168. The molecule has 0 atom stereocenters. The Morgan fingerprint density at radius 3 is 1.55 bits per heavy atom. The molecule has 0 bridgehead atoms. The van der Waals surface area contributed by atoms with E-state index in [-0.39, 0.29) is 0 Å². The maximum Gasteiger partial charge on any atom is 0.165 e. The van der Waals surface area contributed by atoms with Gasteiger partial charge < -0.3 is 0 Å². The number of hydrogen-bond donors (Lipinski definition) is 0. The number of hydrogen-bond acceptors (Lipinski definition) is 5. The molecular weight excluding hydrogens is 719 g/mol. The SMILES string of the molecule is c1ccc(-c2nc(-c3ccc4c(c3)sc3ccc(-c5ccc6c7ccccc7c7ccccc7c6c5)cc34)nc(-c3cccc4c3sc3ccccc34)n2)cc1. The molecule has 5 heteroatoms. The minimum absolute atomic E-state index is 0.668. The summed E-state index contributed by atoms with van der Waals surface area (Å²) in [6, 6.07) is 63.3. The molecule has 3 heterocycles. The predicted molar refractivity (Wildman–Crippen MR) is 240 cm³/mol. The largest absolute Gasteiger partial charge is 0.208 e. The molecule has 0 fully saturated rings. The fourth-order valence-electron chi connectivity index (χ4n) is 8.45. The lowest BCUT2D eigenvalue weighted by molar-refractivity contribution is 1.08. The number of thiophene rings is 2. The maximum atomic E-state index is 5.19. The normalized spacial score (nSPS) is 11.9. The van der Waals surface area contributed by atoms with Crippen molar-refractivity contribution in [1.29, 1.82) is 0 Å². The molecule has 12 rings (SSSR count). The van der Waals surface area contributed by atoms with E-state index in [9.17, 15) is 0 Å². The van der Waals surface area contributed by atoms with Crippen molar-refractivity contribution < 1.29 is 0 Å². The van der Waals surface area contributed by atoms with Gasteiger partial charge in [0.1, 0.15) is 0 Å². The summed E-state index contributed by atoms with van der Waals surface area (Å²) in [6.07, 6.45) is 0. The van der Waals surface area contributed by atoms with Gasteiger partial charge >= 0.3 is 0 Å². The third-order valence-electron chi connectivity index (χ3n) is 11.1. The van der Waals surface area contributed by atoms with E-state index in [2.05, 4.69) is 158 Å². The summed E-state index contributed by atoms with van der Waals surface area (Å²) in [5.74, 6) is 2.02. The molecule has 0 amide bonds. The Labute approximate surface area is 329 Å². The van der Waals surface area contributed by atoms with Crippen LogP contribution in [0.3, 0.4) is 0 Å². The third kappa shape index (κ3) is 4.92. The average molecular weight is 748 g/mol. The number of nitrogens with zero attached hydrogens (tertiary/aromatic N) is 3. The molecular formula is C51H29N3S2. The molecule has 0 radical (unpaired) electrons. The van der Waals surface area contributed by atoms with Crippen molar-refractivity contribution in [2.45, 2.75) is 0 Å². The molecule has 260 valence electrons. The van der Waals surface area contributed by atoms with Crippen LogP contribution in [0.25, 0.3) is 118 Å². The first-order valence-corrected chi connectivity index (χ1v) is 20.4. The number of aromatic nitrogens is 3. The Morgan fingerprint density at radius 2 is 0.786 bits per heavy atom. The molecule has 0 spiro atoms. The number of rotatable bonds is 4. The fraction of sp³-hybridized carbons (Fsp3) is 0. The molecule has 0 unspecified atom stereocenters. The van der Waals surface area contributed by atoms with E-state index in [1.165, 1.54) is 83.8 Å². The minimum atomic E-state index is 0.668. The van der Waals surface area contributed by atoms with Gasteiger partial charge in [0.15, 0.2) is 17.5 Å². The molecule has 0 N–H and O–H groups in total. The van der Waals surface area contributed by atoms with Crippen LogP contribution >= 0.6 is 22.7 Å². The van der Waals surface area contributed by atoms with Crippen molar-refractivity contribution in [3.63, 3.8) is 0 Å². The molecule has 9 aromatic carbocycles. The van der Waals surface area contributed by atoms with Crippen LogP contribution in [0.5, 0.6) is 0 Å². The molecule has 12 aromatic rings. The van der Waals surface area contributed by atoms with Gasteiger partial charge in [0, 0.05) is 57.0 Å². The summed E-state index contributed by atoms with van der Waals surface area (Å²) in [7, 11) is 0. The highest BCUT2D eigenvalue weighted by molar-refractivity contribution is 7.26. The second-order valence-electron chi connectivity index (χ2n) is 14.3. The van der Waals surface area contributed by atoms with Gasteiger partial charge in [-0.05, 0) is 79.8 Å². The Kier molecular flexibility index (Phi) is 6.97. The lowest BCUT2D eigenvalue weighted by atomic mass is 9.92. The van der Waals surface area contributed by atoms with E-state index in [1.807, 2.05) is 29.5 Å². The summed E-state index contributed by atoms with van der Waals surface area (Å²) in [4.78, 5) is 15.4. The fourth-order valence-corrected chi connectivity index (χ4v) is 10.8. The molecule has 0 aliphatic rings. The molecule has 0 saturated carbocycles. The molecule has 0 saturated heterocycles. The Hall–Kier alpha value is -6.79. The Morgan fingerprint density at radius 1 is 0.268 bits per heavy atom. The van der Waals surface area contributed by atoms with Crippen LogP contribution in [-0.4, -0.2) is 15.0 Å². The summed E-state index contributed by atoms with van der Waals surface area (Å²) >= 11 is 3.61. The smallest absolute Gasteiger partial charge is 0.165 e. The summed E-state index contributed by atoms with van der Waals surface area (Å²) in [6.45, 7) is 0. The highest BCUT2D eigenvalue weighted by Gasteiger charge is 2.18. The Bertz CT molecular complexity index is 3510. The first-order chi connectivity index (χ1) is 27.7. The van der Waals surface area contributed by atoms with Crippen molar-refractivity contribution in [2.75, 3.05) is 0 Å². The van der Waals surface area contributed by atoms with Crippen molar-refractivity contribution in [3.05, 3.63) is 176 Å². The summed E-state index contributed by atoms with van der Waals surface area (Å²) in [5.41, 5.74) is 5.39. The van der Waals surface area contributed by atoms with Gasteiger partial charge in [0.05, 0.1) is 0 Å². The predicted octanol–water partition coefficient (Wildman–Crippen LogP) is 14.7. The molecule has 3 aromatic heterocycles. The molecule has 56 heavy (non-hydrogen) atoms. The maximum absolute atomic E-state index is 5.19. The van der Waals surface area contributed by atoms with E-state index < -0.39 is 0 Å². The van der Waals surface area contributed by atoms with Crippen LogP contribution in [0.2, 0.25) is 0 Å². The van der Waals surface area contributed by atoms with Gasteiger partial charge in [-0.15, -0.1) is 22.7 Å². The van der Waals surface area contributed by atoms with Crippen molar-refractivity contribution in [1.82, 2.24) is 15.0 Å². The van der Waals surface area contributed by atoms with Gasteiger partial charge in [-0.1, -0.05) is 140 Å². The van der Waals surface area contributed by atoms with Gasteiger partial charge in [-0.2, -0.15) is 0 Å². The monoisotopic (exact) mass is 747 g/mol. The van der Waals surface area contributed by atoms with E-state index >= 15 is 0 Å².